The third-order valence-electron chi connectivity index (χ3n) is 5.11. The number of hydrogen-bond acceptors (Lipinski definition) is 4. The number of nitrogens with zero attached hydrogens (tertiary/aromatic N) is 1. The first-order valence-corrected chi connectivity index (χ1v) is 10.4. The largest absolute Gasteiger partial charge is 0.368 e. The fourth-order valence-electron chi connectivity index (χ4n) is 3.52. The van der Waals surface area contributed by atoms with Crippen LogP contribution in [0.25, 0.3) is 0 Å². The molecule has 1 atom stereocenters. The van der Waals surface area contributed by atoms with Gasteiger partial charge in [-0.05, 0) is 49.9 Å². The van der Waals surface area contributed by atoms with E-state index in [1.54, 1.807) is 31.3 Å². The Morgan fingerprint density at radius 3 is 2.36 bits per heavy atom. The molecule has 1 aromatic carbocycles. The molecule has 1 aromatic rings. The quantitative estimate of drug-likeness (QED) is 0.869. The first-order valence-electron chi connectivity index (χ1n) is 8.99. The van der Waals surface area contributed by atoms with E-state index in [9.17, 15) is 13.2 Å². The normalized spacial score (nSPS) is 22.2. The van der Waals surface area contributed by atoms with E-state index < -0.39 is 16.1 Å². The highest BCUT2D eigenvalue weighted by Gasteiger charge is 2.29. The van der Waals surface area contributed by atoms with Gasteiger partial charge in [0, 0.05) is 25.4 Å². The van der Waals surface area contributed by atoms with Crippen molar-refractivity contribution in [2.75, 3.05) is 19.0 Å². The van der Waals surface area contributed by atoms with Gasteiger partial charge < -0.3 is 10.1 Å². The summed E-state index contributed by atoms with van der Waals surface area (Å²) in [6.45, 7) is 0.614. The number of rotatable bonds is 5. The number of nitrogens with one attached hydrogen (secondary N) is 1. The molecule has 3 rings (SSSR count). The molecular weight excluding hydrogens is 340 g/mol. The summed E-state index contributed by atoms with van der Waals surface area (Å²) in [5, 5.41) is 2.78. The fourth-order valence-corrected chi connectivity index (χ4v) is 4.94. The van der Waals surface area contributed by atoms with Crippen LogP contribution in [0.2, 0.25) is 0 Å². The van der Waals surface area contributed by atoms with Crippen LogP contribution in [0.15, 0.2) is 29.2 Å². The molecule has 1 amide bonds. The number of ether oxygens (including phenoxy) is 1. The van der Waals surface area contributed by atoms with Crippen LogP contribution in [0.1, 0.15) is 44.9 Å². The third-order valence-corrected chi connectivity index (χ3v) is 7.03. The molecule has 1 saturated carbocycles. The molecule has 0 spiro atoms. The van der Waals surface area contributed by atoms with Gasteiger partial charge in [-0.25, -0.2) is 8.42 Å². The summed E-state index contributed by atoms with van der Waals surface area (Å²) < 4.78 is 32.4. The SMILES string of the molecule is CN(C1CCCCC1)S(=O)(=O)c1ccc(NC(=O)C2CCCO2)cc1. The van der Waals surface area contributed by atoms with Crippen molar-refractivity contribution < 1.29 is 17.9 Å². The average Bonchev–Trinajstić information content (AvgIpc) is 3.17. The van der Waals surface area contributed by atoms with Gasteiger partial charge in [0.15, 0.2) is 0 Å². The van der Waals surface area contributed by atoms with Crippen LogP contribution in [-0.2, 0) is 19.6 Å². The van der Waals surface area contributed by atoms with Crippen LogP contribution in [0.3, 0.4) is 0 Å². The number of amides is 1. The summed E-state index contributed by atoms with van der Waals surface area (Å²) in [6.07, 6.45) is 6.41. The molecule has 25 heavy (non-hydrogen) atoms. The molecule has 0 radical (unpaired) electrons. The Kier molecular flexibility index (Phi) is 5.76. The van der Waals surface area contributed by atoms with E-state index in [1.807, 2.05) is 0 Å². The highest BCUT2D eigenvalue weighted by molar-refractivity contribution is 7.89. The Labute approximate surface area is 149 Å². The van der Waals surface area contributed by atoms with Crippen molar-refractivity contribution in [3.05, 3.63) is 24.3 Å². The number of carbonyl (C=O) groups is 1. The zero-order valence-electron chi connectivity index (χ0n) is 14.6. The monoisotopic (exact) mass is 366 g/mol. The molecule has 1 saturated heterocycles. The zero-order chi connectivity index (χ0) is 17.9. The van der Waals surface area contributed by atoms with E-state index in [0.717, 1.165) is 38.5 Å². The van der Waals surface area contributed by atoms with Gasteiger partial charge >= 0.3 is 0 Å². The van der Waals surface area contributed by atoms with Gasteiger partial charge in [0.25, 0.3) is 5.91 Å². The maximum absolute atomic E-state index is 12.8. The fraction of sp³-hybridized carbons (Fsp3) is 0.611. The van der Waals surface area contributed by atoms with Crippen LogP contribution < -0.4 is 5.32 Å². The van der Waals surface area contributed by atoms with E-state index >= 15 is 0 Å². The number of carbonyl (C=O) groups excluding carboxylic acids is 1. The molecule has 1 heterocycles. The van der Waals surface area contributed by atoms with Crippen molar-refractivity contribution in [2.45, 2.75) is 62.0 Å². The first kappa shape index (κ1) is 18.4. The van der Waals surface area contributed by atoms with E-state index in [1.165, 1.54) is 10.7 Å². The van der Waals surface area contributed by atoms with Crippen molar-refractivity contribution in [3.8, 4) is 0 Å². The van der Waals surface area contributed by atoms with E-state index in [0.29, 0.717) is 12.3 Å². The second kappa shape index (κ2) is 7.85. The minimum absolute atomic E-state index is 0.0812. The molecule has 6 nitrogen and oxygen atoms in total. The van der Waals surface area contributed by atoms with Gasteiger partial charge in [-0.2, -0.15) is 4.31 Å². The van der Waals surface area contributed by atoms with Crippen LogP contribution in [-0.4, -0.2) is 44.4 Å². The number of hydrogen-bond donors (Lipinski definition) is 1. The summed E-state index contributed by atoms with van der Waals surface area (Å²) >= 11 is 0. The topological polar surface area (TPSA) is 75.7 Å². The molecule has 138 valence electrons. The molecule has 1 N–H and O–H groups in total. The summed E-state index contributed by atoms with van der Waals surface area (Å²) in [4.78, 5) is 12.3. The zero-order valence-corrected chi connectivity index (χ0v) is 15.4. The minimum Gasteiger partial charge on any atom is -0.368 e. The van der Waals surface area contributed by atoms with Gasteiger partial charge in [0.05, 0.1) is 4.90 Å². The Bertz CT molecular complexity index is 690. The van der Waals surface area contributed by atoms with Crippen molar-refractivity contribution in [1.82, 2.24) is 4.31 Å². The van der Waals surface area contributed by atoms with Crippen LogP contribution in [0.4, 0.5) is 5.69 Å². The first-order chi connectivity index (χ1) is 12.0. The number of benzene rings is 1. The van der Waals surface area contributed by atoms with Crippen LogP contribution in [0.5, 0.6) is 0 Å². The lowest BCUT2D eigenvalue weighted by atomic mass is 9.96. The van der Waals surface area contributed by atoms with Gasteiger partial charge in [-0.3, -0.25) is 4.79 Å². The Balaban J connectivity index is 1.67. The van der Waals surface area contributed by atoms with Gasteiger partial charge in [-0.1, -0.05) is 19.3 Å². The van der Waals surface area contributed by atoms with E-state index in [-0.39, 0.29) is 16.8 Å². The molecule has 0 bridgehead atoms. The number of anilines is 1. The molecule has 1 unspecified atom stereocenters. The molecule has 1 aliphatic heterocycles. The summed E-state index contributed by atoms with van der Waals surface area (Å²) in [6, 6.07) is 6.46. The van der Waals surface area contributed by atoms with Crippen molar-refractivity contribution in [3.63, 3.8) is 0 Å². The van der Waals surface area contributed by atoms with Crippen LogP contribution in [0, 0.1) is 0 Å². The predicted octanol–water partition coefficient (Wildman–Crippen LogP) is 2.76. The average molecular weight is 366 g/mol. The lowest BCUT2D eigenvalue weighted by Gasteiger charge is -2.30. The van der Waals surface area contributed by atoms with Crippen molar-refractivity contribution >= 4 is 21.6 Å². The maximum Gasteiger partial charge on any atom is 0.253 e. The summed E-state index contributed by atoms with van der Waals surface area (Å²) in [5.41, 5.74) is 0.583. The van der Waals surface area contributed by atoms with Crippen molar-refractivity contribution in [1.29, 1.82) is 0 Å². The molecule has 1 aliphatic carbocycles. The predicted molar refractivity (Wildman–Crippen MR) is 95.9 cm³/mol. The molecule has 2 fully saturated rings. The van der Waals surface area contributed by atoms with Crippen LogP contribution >= 0.6 is 0 Å². The van der Waals surface area contributed by atoms with Gasteiger partial charge in [0.1, 0.15) is 6.10 Å². The maximum atomic E-state index is 12.8. The third kappa shape index (κ3) is 4.22. The van der Waals surface area contributed by atoms with E-state index in [2.05, 4.69) is 5.32 Å². The van der Waals surface area contributed by atoms with Crippen molar-refractivity contribution in [2.24, 2.45) is 0 Å². The second-order valence-electron chi connectivity index (χ2n) is 6.83. The summed E-state index contributed by atoms with van der Waals surface area (Å²) in [5.74, 6) is -0.174. The summed E-state index contributed by atoms with van der Waals surface area (Å²) in [7, 11) is -1.84. The second-order valence-corrected chi connectivity index (χ2v) is 8.83. The molecule has 0 aromatic heterocycles. The molecule has 7 heteroatoms. The standard InChI is InChI=1S/C18H26N2O4S/c1-20(15-6-3-2-4-7-15)25(22,23)16-11-9-14(10-12-16)19-18(21)17-8-5-13-24-17/h9-12,15,17H,2-8,13H2,1H3,(H,19,21). The van der Waals surface area contributed by atoms with Gasteiger partial charge in [-0.15, -0.1) is 0 Å². The molecular formula is C18H26N2O4S. The lowest BCUT2D eigenvalue weighted by Crippen LogP contribution is -2.38. The highest BCUT2D eigenvalue weighted by Crippen LogP contribution is 2.27. The van der Waals surface area contributed by atoms with Gasteiger partial charge in [0.2, 0.25) is 10.0 Å². The minimum atomic E-state index is -3.50. The Morgan fingerprint density at radius 1 is 1.08 bits per heavy atom. The Morgan fingerprint density at radius 2 is 1.76 bits per heavy atom. The number of sulfonamides is 1. The smallest absolute Gasteiger partial charge is 0.253 e. The highest BCUT2D eigenvalue weighted by atomic mass is 32.2. The Hall–Kier alpha value is -1.44. The van der Waals surface area contributed by atoms with E-state index in [4.69, 9.17) is 4.74 Å². The lowest BCUT2D eigenvalue weighted by molar-refractivity contribution is -0.124. The molecule has 2 aliphatic rings.